The van der Waals surface area contributed by atoms with E-state index in [0.29, 0.717) is 12.2 Å². The number of nitrogens with one attached hydrogen (secondary N) is 1. The molecule has 2 rings (SSSR count). The number of benzene rings is 2. The first kappa shape index (κ1) is 15.3. The van der Waals surface area contributed by atoms with Gasteiger partial charge in [0, 0.05) is 12.0 Å². The van der Waals surface area contributed by atoms with Gasteiger partial charge < -0.3 is 4.74 Å². The SMILES string of the molecule is NNC(CCOc1ccccc1)c1ccc(F)c(F)c1F. The van der Waals surface area contributed by atoms with Crippen molar-refractivity contribution in [2.24, 2.45) is 5.84 Å². The van der Waals surface area contributed by atoms with Crippen molar-refractivity contribution in [2.75, 3.05) is 6.61 Å². The molecule has 0 saturated heterocycles. The Hall–Kier alpha value is -2.05. The molecule has 6 heteroatoms. The number of hydrogen-bond acceptors (Lipinski definition) is 3. The lowest BCUT2D eigenvalue weighted by Gasteiger charge is -2.17. The van der Waals surface area contributed by atoms with Crippen LogP contribution in [0.15, 0.2) is 42.5 Å². The molecule has 0 amide bonds. The maximum Gasteiger partial charge on any atom is 0.194 e. The second-order valence-corrected chi connectivity index (χ2v) is 4.43. The van der Waals surface area contributed by atoms with Crippen molar-refractivity contribution < 1.29 is 17.9 Å². The average molecular weight is 296 g/mol. The van der Waals surface area contributed by atoms with Crippen molar-refractivity contribution in [3.8, 4) is 5.75 Å². The lowest BCUT2D eigenvalue weighted by Crippen LogP contribution is -2.30. The number of hydrazine groups is 1. The fraction of sp³-hybridized carbons (Fsp3) is 0.200. The highest BCUT2D eigenvalue weighted by Gasteiger charge is 2.20. The van der Waals surface area contributed by atoms with Crippen molar-refractivity contribution in [1.29, 1.82) is 0 Å². The van der Waals surface area contributed by atoms with Crippen LogP contribution in [0.2, 0.25) is 0 Å². The number of hydrogen-bond donors (Lipinski definition) is 2. The Morgan fingerprint density at radius 2 is 1.71 bits per heavy atom. The predicted octanol–water partition coefficient (Wildman–Crippen LogP) is 3.08. The molecule has 0 spiro atoms. The molecule has 0 aliphatic carbocycles. The van der Waals surface area contributed by atoms with E-state index in [-0.39, 0.29) is 12.2 Å². The Bertz CT molecular complexity index is 593. The summed E-state index contributed by atoms with van der Waals surface area (Å²) in [6.07, 6.45) is 0.299. The molecule has 1 atom stereocenters. The molecular formula is C15H15F3N2O. The van der Waals surface area contributed by atoms with Crippen LogP contribution in [0.5, 0.6) is 5.75 Å². The summed E-state index contributed by atoms with van der Waals surface area (Å²) in [6.45, 7) is 0.247. The highest BCUT2D eigenvalue weighted by Crippen LogP contribution is 2.23. The van der Waals surface area contributed by atoms with Crippen LogP contribution in [0.4, 0.5) is 13.2 Å². The molecule has 3 N–H and O–H groups in total. The number of ether oxygens (including phenoxy) is 1. The summed E-state index contributed by atoms with van der Waals surface area (Å²) >= 11 is 0. The van der Waals surface area contributed by atoms with Gasteiger partial charge in [0.25, 0.3) is 0 Å². The summed E-state index contributed by atoms with van der Waals surface area (Å²) in [5, 5.41) is 0. The maximum absolute atomic E-state index is 13.7. The molecule has 0 radical (unpaired) electrons. The van der Waals surface area contributed by atoms with E-state index >= 15 is 0 Å². The molecule has 3 nitrogen and oxygen atoms in total. The lowest BCUT2D eigenvalue weighted by atomic mass is 10.0. The van der Waals surface area contributed by atoms with Crippen LogP contribution < -0.4 is 16.0 Å². The van der Waals surface area contributed by atoms with Crippen LogP contribution in [-0.2, 0) is 0 Å². The van der Waals surface area contributed by atoms with E-state index in [0.717, 1.165) is 6.07 Å². The quantitative estimate of drug-likeness (QED) is 0.489. The van der Waals surface area contributed by atoms with E-state index in [4.69, 9.17) is 10.6 Å². The molecule has 0 fully saturated rings. The standard InChI is InChI=1S/C15H15F3N2O/c16-12-7-6-11(14(17)15(12)18)13(20-19)8-9-21-10-4-2-1-3-5-10/h1-7,13,20H,8-9,19H2. The lowest BCUT2D eigenvalue weighted by molar-refractivity contribution is 0.284. The second kappa shape index (κ2) is 7.10. The number of rotatable bonds is 6. The molecule has 0 aromatic heterocycles. The third kappa shape index (κ3) is 3.74. The largest absolute Gasteiger partial charge is 0.494 e. The number of para-hydroxylation sites is 1. The van der Waals surface area contributed by atoms with E-state index in [1.54, 1.807) is 12.1 Å². The van der Waals surface area contributed by atoms with Gasteiger partial charge >= 0.3 is 0 Å². The first-order valence-corrected chi connectivity index (χ1v) is 6.41. The third-order valence-corrected chi connectivity index (χ3v) is 3.06. The first-order chi connectivity index (χ1) is 10.1. The minimum absolute atomic E-state index is 0.0342. The zero-order valence-electron chi connectivity index (χ0n) is 11.2. The van der Waals surface area contributed by atoms with Crippen LogP contribution in [0.1, 0.15) is 18.0 Å². The summed E-state index contributed by atoms with van der Waals surface area (Å²) in [5.41, 5.74) is 2.35. The van der Waals surface area contributed by atoms with Crippen molar-refractivity contribution in [1.82, 2.24) is 5.43 Å². The van der Waals surface area contributed by atoms with Crippen LogP contribution in [0.3, 0.4) is 0 Å². The van der Waals surface area contributed by atoms with Gasteiger partial charge in [-0.05, 0) is 18.2 Å². The van der Waals surface area contributed by atoms with Crippen LogP contribution in [-0.4, -0.2) is 6.61 Å². The molecule has 1 unspecified atom stereocenters. The molecule has 0 saturated carbocycles. The van der Waals surface area contributed by atoms with Gasteiger partial charge in [0.05, 0.1) is 12.6 Å². The molecule has 21 heavy (non-hydrogen) atoms. The normalized spacial score (nSPS) is 12.2. The first-order valence-electron chi connectivity index (χ1n) is 6.41. The van der Waals surface area contributed by atoms with Gasteiger partial charge in [0.15, 0.2) is 17.5 Å². The van der Waals surface area contributed by atoms with Gasteiger partial charge in [-0.25, -0.2) is 13.2 Å². The van der Waals surface area contributed by atoms with Gasteiger partial charge in [-0.15, -0.1) is 0 Å². The number of nitrogens with two attached hydrogens (primary N) is 1. The predicted molar refractivity (Wildman–Crippen MR) is 72.9 cm³/mol. The van der Waals surface area contributed by atoms with Gasteiger partial charge in [-0.2, -0.15) is 0 Å². The Morgan fingerprint density at radius 3 is 2.38 bits per heavy atom. The minimum atomic E-state index is -1.50. The molecule has 2 aromatic carbocycles. The Kier molecular flexibility index (Phi) is 5.19. The van der Waals surface area contributed by atoms with Crippen molar-refractivity contribution in [3.05, 3.63) is 65.5 Å². The van der Waals surface area contributed by atoms with Crippen LogP contribution in [0, 0.1) is 17.5 Å². The monoisotopic (exact) mass is 296 g/mol. The van der Waals surface area contributed by atoms with Gasteiger partial charge in [-0.1, -0.05) is 24.3 Å². The smallest absolute Gasteiger partial charge is 0.194 e. The van der Waals surface area contributed by atoms with Gasteiger partial charge in [0.1, 0.15) is 5.75 Å². The second-order valence-electron chi connectivity index (χ2n) is 4.43. The van der Waals surface area contributed by atoms with Crippen LogP contribution in [0.25, 0.3) is 0 Å². The zero-order valence-corrected chi connectivity index (χ0v) is 11.2. The molecule has 2 aromatic rings. The average Bonchev–Trinajstić information content (AvgIpc) is 2.51. The number of halogens is 3. The van der Waals surface area contributed by atoms with Crippen molar-refractivity contribution in [3.63, 3.8) is 0 Å². The summed E-state index contributed by atoms with van der Waals surface area (Å²) in [5.74, 6) is 2.05. The summed E-state index contributed by atoms with van der Waals surface area (Å²) in [7, 11) is 0. The van der Waals surface area contributed by atoms with E-state index in [2.05, 4.69) is 5.43 Å². The van der Waals surface area contributed by atoms with Crippen molar-refractivity contribution in [2.45, 2.75) is 12.5 Å². The Balaban J connectivity index is 2.02. The maximum atomic E-state index is 13.7. The van der Waals surface area contributed by atoms with E-state index in [1.165, 1.54) is 6.07 Å². The molecule has 0 bridgehead atoms. The van der Waals surface area contributed by atoms with E-state index < -0.39 is 23.5 Å². The van der Waals surface area contributed by atoms with Gasteiger partial charge in [0.2, 0.25) is 0 Å². The summed E-state index contributed by atoms with van der Waals surface area (Å²) < 4.78 is 45.3. The highest BCUT2D eigenvalue weighted by atomic mass is 19.2. The fourth-order valence-electron chi connectivity index (χ4n) is 1.95. The molecule has 0 aliphatic heterocycles. The third-order valence-electron chi connectivity index (χ3n) is 3.06. The van der Waals surface area contributed by atoms with Crippen molar-refractivity contribution >= 4 is 0 Å². The molecule has 0 aliphatic rings. The Labute approximate surface area is 120 Å². The topological polar surface area (TPSA) is 47.3 Å². The Morgan fingerprint density at radius 1 is 1.00 bits per heavy atom. The summed E-state index contributed by atoms with van der Waals surface area (Å²) in [4.78, 5) is 0. The fourth-order valence-corrected chi connectivity index (χ4v) is 1.95. The minimum Gasteiger partial charge on any atom is -0.494 e. The van der Waals surface area contributed by atoms with E-state index in [1.807, 2.05) is 18.2 Å². The molecular weight excluding hydrogens is 281 g/mol. The molecule has 112 valence electrons. The summed E-state index contributed by atoms with van der Waals surface area (Å²) in [6, 6.07) is 10.4. The van der Waals surface area contributed by atoms with Crippen LogP contribution >= 0.6 is 0 Å². The molecule has 0 heterocycles. The zero-order chi connectivity index (χ0) is 15.2. The highest BCUT2D eigenvalue weighted by molar-refractivity contribution is 5.24. The van der Waals surface area contributed by atoms with E-state index in [9.17, 15) is 13.2 Å². The van der Waals surface area contributed by atoms with Gasteiger partial charge in [-0.3, -0.25) is 11.3 Å².